The first-order chi connectivity index (χ1) is 14.0. The van der Waals surface area contributed by atoms with Crippen LogP contribution in [-0.4, -0.2) is 18.7 Å². The number of anilines is 1. The molecule has 148 valence electrons. The van der Waals surface area contributed by atoms with Crippen LogP contribution in [0.3, 0.4) is 0 Å². The van der Waals surface area contributed by atoms with E-state index in [1.165, 1.54) is 0 Å². The molecule has 29 heavy (non-hydrogen) atoms. The quantitative estimate of drug-likeness (QED) is 0.278. The molecule has 0 saturated heterocycles. The summed E-state index contributed by atoms with van der Waals surface area (Å²) in [5, 5.41) is 7.62. The molecule has 0 saturated carbocycles. The molecule has 5 nitrogen and oxygen atoms in total. The maximum absolute atomic E-state index is 12.0. The lowest BCUT2D eigenvalue weighted by Crippen LogP contribution is -2.26. The van der Waals surface area contributed by atoms with Gasteiger partial charge in [-0.25, -0.2) is 5.43 Å². The monoisotopic (exact) mass is 535 g/mol. The zero-order chi connectivity index (χ0) is 20.6. The molecule has 3 rings (SSSR count). The number of benzene rings is 3. The lowest BCUT2D eigenvalue weighted by molar-refractivity contribution is -0.119. The number of nitrogens with zero attached hydrogens (tertiary/aromatic N) is 1. The van der Waals surface area contributed by atoms with E-state index in [1.807, 2.05) is 54.6 Å². The summed E-state index contributed by atoms with van der Waals surface area (Å²) in [6, 6.07) is 20.4. The average Bonchev–Trinajstić information content (AvgIpc) is 2.68. The topological polar surface area (TPSA) is 62.7 Å². The SMILES string of the molecule is O=C(CNc1c(Br)cc(Cl)cc1Br)N/N=C\c1cccc(Oc2ccccc2)c1. The van der Waals surface area contributed by atoms with Gasteiger partial charge in [-0.3, -0.25) is 4.79 Å². The van der Waals surface area contributed by atoms with E-state index in [4.69, 9.17) is 16.3 Å². The van der Waals surface area contributed by atoms with Crippen molar-refractivity contribution in [1.82, 2.24) is 5.43 Å². The van der Waals surface area contributed by atoms with Gasteiger partial charge >= 0.3 is 0 Å². The van der Waals surface area contributed by atoms with Gasteiger partial charge in [0.2, 0.25) is 0 Å². The number of halogens is 3. The summed E-state index contributed by atoms with van der Waals surface area (Å²) >= 11 is 12.8. The molecule has 3 aromatic carbocycles. The number of hydrogen-bond acceptors (Lipinski definition) is 4. The molecule has 0 radical (unpaired) electrons. The minimum Gasteiger partial charge on any atom is -0.457 e. The maximum Gasteiger partial charge on any atom is 0.259 e. The molecule has 3 aromatic rings. The summed E-state index contributed by atoms with van der Waals surface area (Å²) in [6.45, 7) is 0.0489. The first-order valence-electron chi connectivity index (χ1n) is 8.54. The minimum atomic E-state index is -0.285. The van der Waals surface area contributed by atoms with Gasteiger partial charge in [-0.2, -0.15) is 5.10 Å². The molecule has 0 aromatic heterocycles. The smallest absolute Gasteiger partial charge is 0.259 e. The molecule has 0 aliphatic heterocycles. The number of carbonyl (C=O) groups is 1. The second kappa shape index (κ2) is 10.4. The van der Waals surface area contributed by atoms with Crippen LogP contribution in [0.15, 0.2) is 80.8 Å². The fraction of sp³-hybridized carbons (Fsp3) is 0.0476. The van der Waals surface area contributed by atoms with Crippen molar-refractivity contribution in [2.45, 2.75) is 0 Å². The molecule has 0 bridgehead atoms. The molecule has 0 aliphatic rings. The summed E-state index contributed by atoms with van der Waals surface area (Å²) in [5.41, 5.74) is 4.03. The van der Waals surface area contributed by atoms with E-state index in [-0.39, 0.29) is 12.5 Å². The highest BCUT2D eigenvalue weighted by atomic mass is 79.9. The fourth-order valence-corrected chi connectivity index (χ4v) is 4.33. The standard InChI is InChI=1S/C21H16Br2ClN3O2/c22-18-10-15(24)11-19(23)21(18)25-13-20(28)27-26-12-14-5-4-8-17(9-14)29-16-6-2-1-3-7-16/h1-12,25H,13H2,(H,27,28)/b26-12-. The van der Waals surface area contributed by atoms with Crippen LogP contribution in [-0.2, 0) is 4.79 Å². The molecule has 0 aliphatic carbocycles. The van der Waals surface area contributed by atoms with Crippen molar-refractivity contribution in [3.63, 3.8) is 0 Å². The third-order valence-corrected chi connectivity index (χ3v) is 5.14. The van der Waals surface area contributed by atoms with Crippen molar-refractivity contribution in [2.24, 2.45) is 5.10 Å². The van der Waals surface area contributed by atoms with Gasteiger partial charge in [0.05, 0.1) is 18.4 Å². The van der Waals surface area contributed by atoms with E-state index in [1.54, 1.807) is 18.3 Å². The molecular weight excluding hydrogens is 522 g/mol. The number of ether oxygens (including phenoxy) is 1. The summed E-state index contributed by atoms with van der Waals surface area (Å²) in [4.78, 5) is 12.0. The molecule has 8 heteroatoms. The van der Waals surface area contributed by atoms with Crippen LogP contribution in [0.5, 0.6) is 11.5 Å². The Balaban J connectivity index is 1.53. The molecule has 0 heterocycles. The maximum atomic E-state index is 12.0. The second-order valence-corrected chi connectivity index (χ2v) is 8.02. The van der Waals surface area contributed by atoms with E-state index in [0.717, 1.165) is 25.9 Å². The largest absolute Gasteiger partial charge is 0.457 e. The summed E-state index contributed by atoms with van der Waals surface area (Å²) in [7, 11) is 0. The zero-order valence-corrected chi connectivity index (χ0v) is 19.0. The van der Waals surface area contributed by atoms with Crippen molar-refractivity contribution in [2.75, 3.05) is 11.9 Å². The number of para-hydroxylation sites is 1. The highest BCUT2D eigenvalue weighted by molar-refractivity contribution is 9.11. The Kier molecular flexibility index (Phi) is 7.69. The van der Waals surface area contributed by atoms with E-state index < -0.39 is 0 Å². The fourth-order valence-electron chi connectivity index (χ4n) is 2.38. The van der Waals surface area contributed by atoms with Gasteiger partial charge in [0.1, 0.15) is 11.5 Å². The predicted molar refractivity (Wildman–Crippen MR) is 124 cm³/mol. The van der Waals surface area contributed by atoms with Gasteiger partial charge in [0.25, 0.3) is 5.91 Å². The van der Waals surface area contributed by atoms with Gasteiger partial charge in [-0.1, -0.05) is 41.9 Å². The van der Waals surface area contributed by atoms with E-state index in [0.29, 0.717) is 10.8 Å². The zero-order valence-electron chi connectivity index (χ0n) is 15.0. The molecule has 0 fully saturated rings. The number of rotatable bonds is 7. The number of carbonyl (C=O) groups excluding carboxylic acids is 1. The van der Waals surface area contributed by atoms with Crippen LogP contribution in [0, 0.1) is 0 Å². The van der Waals surface area contributed by atoms with Crippen LogP contribution in [0.2, 0.25) is 5.02 Å². The van der Waals surface area contributed by atoms with E-state index in [9.17, 15) is 4.79 Å². The van der Waals surface area contributed by atoms with Crippen molar-refractivity contribution in [3.8, 4) is 11.5 Å². The Morgan fingerprint density at radius 2 is 1.69 bits per heavy atom. The highest BCUT2D eigenvalue weighted by Crippen LogP contribution is 2.34. The first-order valence-corrected chi connectivity index (χ1v) is 10.5. The lowest BCUT2D eigenvalue weighted by Gasteiger charge is -2.10. The molecule has 1 amide bonds. The van der Waals surface area contributed by atoms with Crippen LogP contribution < -0.4 is 15.5 Å². The minimum absolute atomic E-state index is 0.0489. The number of nitrogens with one attached hydrogen (secondary N) is 2. The van der Waals surface area contributed by atoms with E-state index in [2.05, 4.69) is 47.7 Å². The summed E-state index contributed by atoms with van der Waals surface area (Å²) in [6.07, 6.45) is 1.56. The molecule has 2 N–H and O–H groups in total. The van der Waals surface area contributed by atoms with Crippen LogP contribution >= 0.6 is 43.5 Å². The molecular formula is C21H16Br2ClN3O2. The molecule has 0 spiro atoms. The van der Waals surface area contributed by atoms with Crippen molar-refractivity contribution >= 4 is 61.3 Å². The normalized spacial score (nSPS) is 10.7. The molecule has 0 unspecified atom stereocenters. The van der Waals surface area contributed by atoms with Gasteiger partial charge in [-0.15, -0.1) is 0 Å². The average molecular weight is 538 g/mol. The summed E-state index contributed by atoms with van der Waals surface area (Å²) < 4.78 is 7.29. The third kappa shape index (κ3) is 6.59. The van der Waals surface area contributed by atoms with Crippen LogP contribution in [0.1, 0.15) is 5.56 Å². The van der Waals surface area contributed by atoms with Gasteiger partial charge in [0, 0.05) is 14.0 Å². The third-order valence-electron chi connectivity index (χ3n) is 3.67. The van der Waals surface area contributed by atoms with E-state index >= 15 is 0 Å². The van der Waals surface area contributed by atoms with Crippen LogP contribution in [0.4, 0.5) is 5.69 Å². The molecule has 0 atom stereocenters. The number of hydrogen-bond donors (Lipinski definition) is 2. The number of amides is 1. The first kappa shape index (κ1) is 21.4. The number of hydrazone groups is 1. The van der Waals surface area contributed by atoms with Crippen LogP contribution in [0.25, 0.3) is 0 Å². The summed E-state index contributed by atoms with van der Waals surface area (Å²) in [5.74, 6) is 1.15. The lowest BCUT2D eigenvalue weighted by atomic mass is 10.2. The second-order valence-electron chi connectivity index (χ2n) is 5.88. The Labute approximate surface area is 190 Å². The Bertz CT molecular complexity index is 1010. The van der Waals surface area contributed by atoms with Gasteiger partial charge in [-0.05, 0) is 73.8 Å². The Morgan fingerprint density at radius 1 is 1.00 bits per heavy atom. The van der Waals surface area contributed by atoms with Crippen molar-refractivity contribution in [3.05, 3.63) is 86.3 Å². The van der Waals surface area contributed by atoms with Gasteiger partial charge in [0.15, 0.2) is 0 Å². The van der Waals surface area contributed by atoms with Crippen molar-refractivity contribution < 1.29 is 9.53 Å². The highest BCUT2D eigenvalue weighted by Gasteiger charge is 2.08. The Hall–Kier alpha value is -2.35. The predicted octanol–water partition coefficient (Wildman–Crippen LogP) is 6.22. The Morgan fingerprint density at radius 3 is 2.41 bits per heavy atom. The van der Waals surface area contributed by atoms with Gasteiger partial charge < -0.3 is 10.1 Å². The van der Waals surface area contributed by atoms with Crippen molar-refractivity contribution in [1.29, 1.82) is 0 Å².